The van der Waals surface area contributed by atoms with Crippen molar-refractivity contribution in [3.05, 3.63) is 12.2 Å². The molecule has 0 amide bonds. The number of hydrogen-bond acceptors (Lipinski definition) is 2. The minimum Gasteiger partial charge on any atom is -0.174 e. The molecule has 0 atom stereocenters. The summed E-state index contributed by atoms with van der Waals surface area (Å²) in [5.74, 6) is 2.25. The quantitative estimate of drug-likeness (QED) is 0.598. The van der Waals surface area contributed by atoms with Gasteiger partial charge < -0.3 is 0 Å². The van der Waals surface area contributed by atoms with E-state index in [1.165, 1.54) is 19.3 Å². The van der Waals surface area contributed by atoms with Gasteiger partial charge in [0.1, 0.15) is 0 Å². The van der Waals surface area contributed by atoms with E-state index in [2.05, 4.69) is 6.92 Å². The molecule has 94 valence electrons. The van der Waals surface area contributed by atoms with E-state index in [1.807, 2.05) is 23.5 Å². The summed E-state index contributed by atoms with van der Waals surface area (Å²) in [7, 11) is 0. The van der Waals surface area contributed by atoms with Gasteiger partial charge in [0.15, 0.2) is 0 Å². The van der Waals surface area contributed by atoms with E-state index in [1.54, 1.807) is 0 Å². The Kier molecular flexibility index (Phi) is 6.81. The maximum Gasteiger partial charge on any atom is 0.266 e. The van der Waals surface area contributed by atoms with E-state index in [0.717, 1.165) is 30.4 Å². The Morgan fingerprint density at radius 3 is 2.50 bits per heavy atom. The lowest BCUT2D eigenvalue weighted by Crippen LogP contribution is -2.24. The van der Waals surface area contributed by atoms with E-state index < -0.39 is 6.08 Å². The second-order valence-corrected chi connectivity index (χ2v) is 7.33. The predicted octanol–water partition coefficient (Wildman–Crippen LogP) is 5.30. The highest BCUT2D eigenvalue weighted by Crippen LogP contribution is 2.48. The Bertz CT molecular complexity index is 219. The zero-order valence-electron chi connectivity index (χ0n) is 9.81. The first-order chi connectivity index (χ1) is 7.68. The van der Waals surface area contributed by atoms with Crippen LogP contribution in [0.4, 0.5) is 8.78 Å². The summed E-state index contributed by atoms with van der Waals surface area (Å²) in [6.07, 6.45) is 5.96. The molecule has 0 aromatic heterocycles. The van der Waals surface area contributed by atoms with Crippen molar-refractivity contribution in [2.24, 2.45) is 0 Å². The van der Waals surface area contributed by atoms with Gasteiger partial charge in [-0.15, -0.1) is 23.5 Å². The van der Waals surface area contributed by atoms with Gasteiger partial charge >= 0.3 is 0 Å². The van der Waals surface area contributed by atoms with Gasteiger partial charge in [0.25, 0.3) is 6.08 Å². The van der Waals surface area contributed by atoms with Crippen LogP contribution < -0.4 is 0 Å². The molecule has 1 aliphatic rings. The molecule has 16 heavy (non-hydrogen) atoms. The topological polar surface area (TPSA) is 0 Å². The van der Waals surface area contributed by atoms with Gasteiger partial charge in [-0.25, -0.2) is 0 Å². The fourth-order valence-corrected chi connectivity index (χ4v) is 5.18. The van der Waals surface area contributed by atoms with Crippen LogP contribution in [0, 0.1) is 0 Å². The molecule has 1 aliphatic heterocycles. The van der Waals surface area contributed by atoms with Gasteiger partial charge in [-0.05, 0) is 36.8 Å². The molecule has 0 N–H and O–H groups in total. The fourth-order valence-electron chi connectivity index (χ4n) is 1.86. The molecule has 0 unspecified atom stereocenters. The van der Waals surface area contributed by atoms with Crippen molar-refractivity contribution in [2.75, 3.05) is 11.5 Å². The van der Waals surface area contributed by atoms with Gasteiger partial charge in [0.05, 0.1) is 4.08 Å². The van der Waals surface area contributed by atoms with E-state index in [4.69, 9.17) is 0 Å². The molecule has 4 heteroatoms. The second-order valence-electron chi connectivity index (χ2n) is 4.12. The molecule has 1 fully saturated rings. The maximum absolute atomic E-state index is 12.2. The Morgan fingerprint density at radius 1 is 1.25 bits per heavy atom. The standard InChI is InChI=1S/C12H20F2S2/c1-2-3-4-7-12(8-6-11(13)14)15-9-5-10-16-12/h6H,2-5,7-10H2,1H3. The molecule has 0 aliphatic carbocycles. The zero-order chi connectivity index (χ0) is 11.9. The van der Waals surface area contributed by atoms with Crippen molar-refractivity contribution in [3.63, 3.8) is 0 Å². The van der Waals surface area contributed by atoms with Crippen LogP contribution in [0.1, 0.15) is 45.4 Å². The average molecular weight is 266 g/mol. The summed E-state index contributed by atoms with van der Waals surface area (Å²) in [5.41, 5.74) is 0. The monoisotopic (exact) mass is 266 g/mol. The first-order valence-corrected chi connectivity index (χ1v) is 7.95. The van der Waals surface area contributed by atoms with Crippen molar-refractivity contribution in [3.8, 4) is 0 Å². The molecular weight excluding hydrogens is 246 g/mol. The first kappa shape index (κ1) is 14.4. The number of allylic oxidation sites excluding steroid dienone is 1. The van der Waals surface area contributed by atoms with Gasteiger partial charge in [-0.1, -0.05) is 26.2 Å². The Morgan fingerprint density at radius 2 is 1.94 bits per heavy atom. The number of unbranched alkanes of at least 4 members (excludes halogenated alkanes) is 2. The number of rotatable bonds is 6. The van der Waals surface area contributed by atoms with Crippen LogP contribution in [0.15, 0.2) is 12.2 Å². The van der Waals surface area contributed by atoms with Crippen molar-refractivity contribution in [1.29, 1.82) is 0 Å². The summed E-state index contributed by atoms with van der Waals surface area (Å²) in [6.45, 7) is 2.18. The molecule has 0 spiro atoms. The third-order valence-corrected chi connectivity index (χ3v) is 6.23. The summed E-state index contributed by atoms with van der Waals surface area (Å²) in [4.78, 5) is 0. The lowest BCUT2D eigenvalue weighted by atomic mass is 10.1. The van der Waals surface area contributed by atoms with Crippen LogP contribution >= 0.6 is 23.5 Å². The van der Waals surface area contributed by atoms with Crippen LogP contribution in [0.3, 0.4) is 0 Å². The van der Waals surface area contributed by atoms with Crippen molar-refractivity contribution in [1.82, 2.24) is 0 Å². The summed E-state index contributed by atoms with van der Waals surface area (Å²) in [5, 5.41) is 0. The lowest BCUT2D eigenvalue weighted by molar-refractivity contribution is 0.416. The third-order valence-electron chi connectivity index (χ3n) is 2.75. The SMILES string of the molecule is CCCCCC1(CC=C(F)F)SCCCS1. The molecule has 0 saturated carbocycles. The van der Waals surface area contributed by atoms with E-state index in [9.17, 15) is 8.78 Å². The predicted molar refractivity (Wildman–Crippen MR) is 71.3 cm³/mol. The zero-order valence-corrected chi connectivity index (χ0v) is 11.4. The molecule has 0 radical (unpaired) electrons. The number of thioether (sulfide) groups is 2. The van der Waals surface area contributed by atoms with Crippen LogP contribution in [0.2, 0.25) is 0 Å². The summed E-state index contributed by atoms with van der Waals surface area (Å²) in [6, 6.07) is 0. The molecular formula is C12H20F2S2. The van der Waals surface area contributed by atoms with Gasteiger partial charge in [-0.2, -0.15) is 8.78 Å². The lowest BCUT2D eigenvalue weighted by Gasteiger charge is -2.35. The highest BCUT2D eigenvalue weighted by atomic mass is 32.2. The van der Waals surface area contributed by atoms with Crippen LogP contribution in [0.5, 0.6) is 0 Å². The second kappa shape index (κ2) is 7.59. The van der Waals surface area contributed by atoms with Crippen molar-refractivity contribution in [2.45, 2.75) is 49.5 Å². The molecule has 0 aromatic rings. The molecule has 1 rings (SSSR count). The smallest absolute Gasteiger partial charge is 0.174 e. The molecule has 1 heterocycles. The minimum atomic E-state index is -1.53. The fraction of sp³-hybridized carbons (Fsp3) is 0.833. The van der Waals surface area contributed by atoms with Gasteiger partial charge in [0.2, 0.25) is 0 Å². The van der Waals surface area contributed by atoms with Gasteiger partial charge in [0, 0.05) is 0 Å². The largest absolute Gasteiger partial charge is 0.266 e. The van der Waals surface area contributed by atoms with Gasteiger partial charge in [-0.3, -0.25) is 0 Å². The molecule has 0 bridgehead atoms. The van der Waals surface area contributed by atoms with E-state index in [0.29, 0.717) is 6.42 Å². The molecule has 0 aromatic carbocycles. The Hall–Kier alpha value is 0.300. The number of halogens is 2. The Balaban J connectivity index is 2.49. The van der Waals surface area contributed by atoms with Crippen molar-refractivity contribution >= 4 is 23.5 Å². The van der Waals surface area contributed by atoms with Crippen LogP contribution in [-0.2, 0) is 0 Å². The highest BCUT2D eigenvalue weighted by molar-refractivity contribution is 8.18. The third kappa shape index (κ3) is 5.09. The van der Waals surface area contributed by atoms with Crippen LogP contribution in [0.25, 0.3) is 0 Å². The van der Waals surface area contributed by atoms with Crippen LogP contribution in [-0.4, -0.2) is 15.6 Å². The molecule has 1 saturated heterocycles. The Labute approximate surface area is 106 Å². The number of hydrogen-bond donors (Lipinski definition) is 0. The summed E-state index contributed by atoms with van der Waals surface area (Å²) >= 11 is 3.78. The van der Waals surface area contributed by atoms with Crippen molar-refractivity contribution < 1.29 is 8.78 Å². The maximum atomic E-state index is 12.2. The first-order valence-electron chi connectivity index (χ1n) is 5.97. The van der Waals surface area contributed by atoms with E-state index >= 15 is 0 Å². The summed E-state index contributed by atoms with van der Waals surface area (Å²) < 4.78 is 24.4. The normalized spacial score (nSPS) is 19.4. The highest BCUT2D eigenvalue weighted by Gasteiger charge is 2.32. The molecule has 0 nitrogen and oxygen atoms in total. The average Bonchev–Trinajstić information content (AvgIpc) is 2.28. The minimum absolute atomic E-state index is 0.0385. The van der Waals surface area contributed by atoms with E-state index in [-0.39, 0.29) is 4.08 Å².